The maximum Gasteiger partial charge on any atom is -0.00432 e. The van der Waals surface area contributed by atoms with Crippen molar-refractivity contribution in [1.29, 1.82) is 0 Å². The highest BCUT2D eigenvalue weighted by Crippen LogP contribution is 2.63. The van der Waals surface area contributed by atoms with Gasteiger partial charge in [-0.25, -0.2) is 0 Å². The number of rotatable bonds is 1. The van der Waals surface area contributed by atoms with Crippen LogP contribution < -0.4 is 5.73 Å². The molecule has 3 atom stereocenters. The Morgan fingerprint density at radius 3 is 2.82 bits per heavy atom. The fourth-order valence-corrected chi connectivity index (χ4v) is 3.07. The van der Waals surface area contributed by atoms with E-state index in [1.54, 1.807) is 0 Å². The van der Waals surface area contributed by atoms with Gasteiger partial charge in [0.1, 0.15) is 0 Å². The average molecular weight is 153 g/mol. The minimum absolute atomic E-state index is 0.729. The van der Waals surface area contributed by atoms with Crippen molar-refractivity contribution in [3.8, 4) is 0 Å². The molecule has 2 N–H and O–H groups in total. The molecule has 0 aromatic rings. The van der Waals surface area contributed by atoms with E-state index in [0.29, 0.717) is 0 Å². The van der Waals surface area contributed by atoms with Gasteiger partial charge in [0.25, 0.3) is 0 Å². The molecule has 0 radical (unpaired) electrons. The molecule has 2 aliphatic carbocycles. The third-order valence-corrected chi connectivity index (χ3v) is 4.07. The molecule has 0 saturated heterocycles. The van der Waals surface area contributed by atoms with Crippen LogP contribution in [0.5, 0.6) is 0 Å². The van der Waals surface area contributed by atoms with E-state index >= 15 is 0 Å². The van der Waals surface area contributed by atoms with Gasteiger partial charge in [-0.05, 0) is 36.6 Å². The van der Waals surface area contributed by atoms with Crippen LogP contribution in [-0.2, 0) is 0 Å². The second-order valence-corrected chi connectivity index (χ2v) is 4.52. The van der Waals surface area contributed by atoms with Crippen molar-refractivity contribution in [3.63, 3.8) is 0 Å². The van der Waals surface area contributed by atoms with Crippen molar-refractivity contribution >= 4 is 0 Å². The normalized spacial score (nSPS) is 49.6. The summed E-state index contributed by atoms with van der Waals surface area (Å²) in [6, 6.07) is 0. The Morgan fingerprint density at radius 2 is 2.27 bits per heavy atom. The van der Waals surface area contributed by atoms with Crippen LogP contribution in [0.3, 0.4) is 0 Å². The van der Waals surface area contributed by atoms with E-state index in [4.69, 9.17) is 5.73 Å². The van der Waals surface area contributed by atoms with Gasteiger partial charge in [0.05, 0.1) is 0 Å². The molecular weight excluding hydrogens is 134 g/mol. The van der Waals surface area contributed by atoms with Crippen molar-refractivity contribution in [2.45, 2.75) is 39.0 Å². The third-order valence-electron chi connectivity index (χ3n) is 4.07. The Bertz CT molecular complexity index is 155. The molecule has 1 spiro atoms. The van der Waals surface area contributed by atoms with Gasteiger partial charge < -0.3 is 5.73 Å². The van der Waals surface area contributed by atoms with Gasteiger partial charge in [-0.2, -0.15) is 0 Å². The van der Waals surface area contributed by atoms with Gasteiger partial charge in [0.2, 0.25) is 0 Å². The van der Waals surface area contributed by atoms with Crippen LogP contribution in [0.4, 0.5) is 0 Å². The molecule has 0 amide bonds. The Labute approximate surface area is 69.4 Å². The van der Waals surface area contributed by atoms with E-state index in [1.807, 2.05) is 0 Å². The average Bonchev–Trinajstić information content (AvgIpc) is 2.72. The molecule has 11 heavy (non-hydrogen) atoms. The van der Waals surface area contributed by atoms with Crippen LogP contribution in [0.25, 0.3) is 0 Å². The molecule has 3 unspecified atom stereocenters. The van der Waals surface area contributed by atoms with Gasteiger partial charge >= 0.3 is 0 Å². The van der Waals surface area contributed by atoms with Crippen molar-refractivity contribution in [3.05, 3.63) is 0 Å². The molecule has 2 saturated carbocycles. The first-order valence-corrected chi connectivity index (χ1v) is 4.99. The van der Waals surface area contributed by atoms with Gasteiger partial charge in [-0.15, -0.1) is 0 Å². The van der Waals surface area contributed by atoms with Gasteiger partial charge in [-0.1, -0.05) is 26.2 Å². The fraction of sp³-hybridized carbons (Fsp3) is 1.00. The highest BCUT2D eigenvalue weighted by atomic mass is 14.7. The number of hydrogen-bond donors (Lipinski definition) is 1. The van der Waals surface area contributed by atoms with E-state index in [-0.39, 0.29) is 0 Å². The van der Waals surface area contributed by atoms with Crippen molar-refractivity contribution in [1.82, 2.24) is 0 Å². The number of hydrogen-bond acceptors (Lipinski definition) is 1. The van der Waals surface area contributed by atoms with E-state index in [2.05, 4.69) is 6.92 Å². The molecule has 0 heterocycles. The molecule has 64 valence electrons. The first kappa shape index (κ1) is 7.60. The molecule has 2 rings (SSSR count). The van der Waals surface area contributed by atoms with E-state index in [0.717, 1.165) is 23.8 Å². The smallest absolute Gasteiger partial charge is 0.00432 e. The zero-order valence-corrected chi connectivity index (χ0v) is 7.47. The van der Waals surface area contributed by atoms with Crippen LogP contribution in [0.2, 0.25) is 0 Å². The minimum Gasteiger partial charge on any atom is -0.330 e. The van der Waals surface area contributed by atoms with Crippen molar-refractivity contribution < 1.29 is 0 Å². The third kappa shape index (κ3) is 1.01. The van der Waals surface area contributed by atoms with E-state index < -0.39 is 0 Å². The zero-order chi connectivity index (χ0) is 7.90. The lowest BCUT2D eigenvalue weighted by atomic mass is 9.76. The zero-order valence-electron chi connectivity index (χ0n) is 7.47. The fourth-order valence-electron chi connectivity index (χ4n) is 3.07. The summed E-state index contributed by atoms with van der Waals surface area (Å²) in [5.74, 6) is 1.85. The lowest BCUT2D eigenvalue weighted by Crippen LogP contribution is -2.22. The molecule has 0 aromatic heterocycles. The Morgan fingerprint density at radius 1 is 1.45 bits per heavy atom. The predicted molar refractivity (Wildman–Crippen MR) is 47.2 cm³/mol. The second kappa shape index (κ2) is 2.48. The minimum atomic E-state index is 0.729. The van der Waals surface area contributed by atoms with Gasteiger partial charge in [-0.3, -0.25) is 0 Å². The summed E-state index contributed by atoms with van der Waals surface area (Å²) in [7, 11) is 0. The lowest BCUT2D eigenvalue weighted by molar-refractivity contribution is 0.211. The molecular formula is C10H19N. The molecule has 0 aromatic carbocycles. The molecule has 1 heteroatoms. The summed E-state index contributed by atoms with van der Waals surface area (Å²) >= 11 is 0. The predicted octanol–water partition coefficient (Wildman–Crippen LogP) is 2.16. The van der Waals surface area contributed by atoms with Gasteiger partial charge in [0.15, 0.2) is 0 Å². The standard InChI is InChI=1S/C10H19N/c1-8-4-2-3-5-10(8)6-9(10)7-11/h8-9H,2-7,11H2,1H3. The van der Waals surface area contributed by atoms with Crippen LogP contribution in [0.15, 0.2) is 0 Å². The highest BCUT2D eigenvalue weighted by Gasteiger charge is 2.56. The van der Waals surface area contributed by atoms with Crippen LogP contribution >= 0.6 is 0 Å². The van der Waals surface area contributed by atoms with E-state index in [1.165, 1.54) is 32.1 Å². The summed E-state index contributed by atoms with van der Waals surface area (Å²) in [5, 5.41) is 0. The first-order valence-electron chi connectivity index (χ1n) is 4.99. The first-order chi connectivity index (χ1) is 5.29. The molecule has 1 nitrogen and oxygen atoms in total. The Hall–Kier alpha value is -0.0400. The SMILES string of the molecule is CC1CCCCC12CC2CN. The largest absolute Gasteiger partial charge is 0.330 e. The monoisotopic (exact) mass is 153 g/mol. The molecule has 0 bridgehead atoms. The molecule has 0 aliphatic heterocycles. The summed E-state index contributed by atoms with van der Waals surface area (Å²) < 4.78 is 0. The summed E-state index contributed by atoms with van der Waals surface area (Å²) in [5.41, 5.74) is 6.43. The maximum atomic E-state index is 5.70. The van der Waals surface area contributed by atoms with E-state index in [9.17, 15) is 0 Å². The highest BCUT2D eigenvalue weighted by molar-refractivity contribution is 5.06. The number of nitrogens with two attached hydrogens (primary N) is 1. The Balaban J connectivity index is 2.01. The van der Waals surface area contributed by atoms with Crippen molar-refractivity contribution in [2.75, 3.05) is 6.54 Å². The summed E-state index contributed by atoms with van der Waals surface area (Å²) in [6.07, 6.45) is 7.28. The maximum absolute atomic E-state index is 5.70. The lowest BCUT2D eigenvalue weighted by Gasteiger charge is -2.30. The second-order valence-electron chi connectivity index (χ2n) is 4.52. The van der Waals surface area contributed by atoms with Crippen LogP contribution in [0, 0.1) is 17.3 Å². The summed E-state index contributed by atoms with van der Waals surface area (Å²) in [6.45, 7) is 3.36. The molecule has 2 fully saturated rings. The molecule has 2 aliphatic rings. The summed E-state index contributed by atoms with van der Waals surface area (Å²) in [4.78, 5) is 0. The van der Waals surface area contributed by atoms with Crippen LogP contribution in [-0.4, -0.2) is 6.54 Å². The van der Waals surface area contributed by atoms with Crippen molar-refractivity contribution in [2.24, 2.45) is 23.0 Å². The topological polar surface area (TPSA) is 26.0 Å². The van der Waals surface area contributed by atoms with Gasteiger partial charge in [0, 0.05) is 0 Å². The quantitative estimate of drug-likeness (QED) is 0.614. The van der Waals surface area contributed by atoms with Crippen LogP contribution in [0.1, 0.15) is 39.0 Å². The Kier molecular flexibility index (Phi) is 1.71.